The number of aromatic nitrogens is 2. The Morgan fingerprint density at radius 2 is 1.56 bits per heavy atom. The fourth-order valence-electron chi connectivity index (χ4n) is 2.59. The molecule has 2 heterocycles. The highest BCUT2D eigenvalue weighted by Gasteiger charge is 2.38. The van der Waals surface area contributed by atoms with Crippen LogP contribution in [0.4, 0.5) is 0 Å². The highest BCUT2D eigenvalue weighted by Crippen LogP contribution is 2.24. The second-order valence-corrected chi connectivity index (χ2v) is 5.39. The molecule has 3 aromatic rings. The lowest BCUT2D eigenvalue weighted by molar-refractivity contribution is -0.0584. The average molecular weight is 333 g/mol. The van der Waals surface area contributed by atoms with E-state index in [0.717, 1.165) is 11.1 Å². The van der Waals surface area contributed by atoms with Gasteiger partial charge in [-0.3, -0.25) is 14.7 Å². The van der Waals surface area contributed by atoms with Crippen molar-refractivity contribution in [3.8, 4) is 11.1 Å². The summed E-state index contributed by atoms with van der Waals surface area (Å²) in [6.45, 7) is 0. The maximum absolute atomic E-state index is 12.3. The Hall–Kier alpha value is -3.74. The highest BCUT2D eigenvalue weighted by atomic mass is 16.7. The van der Waals surface area contributed by atoms with Crippen molar-refractivity contribution in [2.24, 2.45) is 0 Å². The average Bonchev–Trinajstić information content (AvgIpc) is 3.26. The van der Waals surface area contributed by atoms with E-state index in [2.05, 4.69) is 10.2 Å². The number of hydroxylamine groups is 2. The summed E-state index contributed by atoms with van der Waals surface area (Å²) in [5.41, 5.74) is 2.40. The first-order valence-electron chi connectivity index (χ1n) is 7.44. The third kappa shape index (κ3) is 2.47. The maximum atomic E-state index is 12.3. The third-order valence-electron chi connectivity index (χ3n) is 3.88. The minimum absolute atomic E-state index is 0.218. The number of rotatable bonds is 3. The Kier molecular flexibility index (Phi) is 3.39. The van der Waals surface area contributed by atoms with Crippen LogP contribution in [0.2, 0.25) is 0 Å². The fraction of sp³-hybridized carbons (Fsp3) is 0. The molecule has 0 atom stereocenters. The Labute approximate surface area is 141 Å². The van der Waals surface area contributed by atoms with Crippen molar-refractivity contribution in [2.45, 2.75) is 0 Å². The molecule has 4 rings (SSSR count). The summed E-state index contributed by atoms with van der Waals surface area (Å²) in [4.78, 5) is 41.7. The van der Waals surface area contributed by atoms with Gasteiger partial charge in [-0.15, -0.1) is 0 Å². The van der Waals surface area contributed by atoms with E-state index in [-0.39, 0.29) is 16.7 Å². The molecule has 25 heavy (non-hydrogen) atoms. The molecule has 2 aromatic carbocycles. The molecular weight excluding hydrogens is 322 g/mol. The molecule has 7 heteroatoms. The number of aromatic amines is 1. The van der Waals surface area contributed by atoms with E-state index in [0.29, 0.717) is 5.06 Å². The number of carbonyl (C=O) groups is 3. The number of hydrogen-bond donors (Lipinski definition) is 1. The van der Waals surface area contributed by atoms with E-state index >= 15 is 0 Å². The fourth-order valence-corrected chi connectivity index (χ4v) is 2.59. The summed E-state index contributed by atoms with van der Waals surface area (Å²) in [6, 6.07) is 12.9. The van der Waals surface area contributed by atoms with Gasteiger partial charge < -0.3 is 4.84 Å². The molecule has 2 amide bonds. The van der Waals surface area contributed by atoms with Gasteiger partial charge in [0.05, 0.1) is 22.9 Å². The molecular formula is C18H11N3O4. The van der Waals surface area contributed by atoms with Crippen LogP contribution in [0.3, 0.4) is 0 Å². The van der Waals surface area contributed by atoms with Crippen LogP contribution in [0, 0.1) is 0 Å². The molecule has 0 radical (unpaired) electrons. The molecule has 1 aromatic heterocycles. The number of nitrogens with zero attached hydrogens (tertiary/aromatic N) is 2. The van der Waals surface area contributed by atoms with E-state index in [1.807, 2.05) is 0 Å². The second kappa shape index (κ2) is 5.72. The SMILES string of the molecule is O=C(ON1C(=O)c2ccccc2C1=O)c1ccc(-c2cn[nH]c2)cc1. The molecule has 0 unspecified atom stereocenters. The summed E-state index contributed by atoms with van der Waals surface area (Å²) in [6.07, 6.45) is 3.39. The number of benzene rings is 2. The molecule has 0 aliphatic carbocycles. The maximum Gasteiger partial charge on any atom is 0.363 e. The van der Waals surface area contributed by atoms with Crippen LogP contribution in [0.5, 0.6) is 0 Å². The predicted molar refractivity (Wildman–Crippen MR) is 86.4 cm³/mol. The van der Waals surface area contributed by atoms with Crippen molar-refractivity contribution in [1.82, 2.24) is 15.3 Å². The van der Waals surface area contributed by atoms with Crippen molar-refractivity contribution < 1.29 is 19.2 Å². The van der Waals surface area contributed by atoms with Crippen LogP contribution >= 0.6 is 0 Å². The van der Waals surface area contributed by atoms with Crippen LogP contribution in [0.1, 0.15) is 31.1 Å². The Morgan fingerprint density at radius 3 is 2.12 bits per heavy atom. The lowest BCUT2D eigenvalue weighted by Gasteiger charge is -2.12. The molecule has 122 valence electrons. The number of carbonyl (C=O) groups excluding carboxylic acids is 3. The van der Waals surface area contributed by atoms with Gasteiger partial charge in [-0.1, -0.05) is 29.3 Å². The van der Waals surface area contributed by atoms with Gasteiger partial charge in [-0.05, 0) is 29.8 Å². The van der Waals surface area contributed by atoms with E-state index in [9.17, 15) is 14.4 Å². The summed E-state index contributed by atoms with van der Waals surface area (Å²) < 4.78 is 0. The topological polar surface area (TPSA) is 92.4 Å². The van der Waals surface area contributed by atoms with Crippen molar-refractivity contribution in [2.75, 3.05) is 0 Å². The minimum Gasteiger partial charge on any atom is -0.324 e. The lowest BCUT2D eigenvalue weighted by Crippen LogP contribution is -2.32. The van der Waals surface area contributed by atoms with Crippen LogP contribution in [0.15, 0.2) is 60.9 Å². The van der Waals surface area contributed by atoms with Gasteiger partial charge in [0.15, 0.2) is 0 Å². The van der Waals surface area contributed by atoms with Crippen LogP contribution in [0.25, 0.3) is 11.1 Å². The predicted octanol–water partition coefficient (Wildman–Crippen LogP) is 2.44. The van der Waals surface area contributed by atoms with Crippen molar-refractivity contribution in [1.29, 1.82) is 0 Å². The number of amides is 2. The van der Waals surface area contributed by atoms with Gasteiger partial charge >= 0.3 is 5.97 Å². The van der Waals surface area contributed by atoms with Gasteiger partial charge in [0, 0.05) is 11.8 Å². The smallest absolute Gasteiger partial charge is 0.324 e. The number of nitrogens with one attached hydrogen (secondary N) is 1. The number of imide groups is 1. The Balaban J connectivity index is 1.53. The minimum atomic E-state index is -0.784. The zero-order valence-electron chi connectivity index (χ0n) is 12.8. The monoisotopic (exact) mass is 333 g/mol. The van der Waals surface area contributed by atoms with E-state index in [4.69, 9.17) is 4.84 Å². The molecule has 7 nitrogen and oxygen atoms in total. The van der Waals surface area contributed by atoms with E-state index in [1.165, 1.54) is 12.1 Å². The summed E-state index contributed by atoms with van der Waals surface area (Å²) in [5, 5.41) is 7.07. The Bertz CT molecular complexity index is 943. The first-order chi connectivity index (χ1) is 12.1. The molecule has 0 bridgehead atoms. The highest BCUT2D eigenvalue weighted by molar-refractivity contribution is 6.21. The van der Waals surface area contributed by atoms with E-state index < -0.39 is 17.8 Å². The second-order valence-electron chi connectivity index (χ2n) is 5.39. The summed E-state index contributed by atoms with van der Waals surface area (Å²) in [5.74, 6) is -2.08. The summed E-state index contributed by atoms with van der Waals surface area (Å²) in [7, 11) is 0. The zero-order valence-corrected chi connectivity index (χ0v) is 12.8. The summed E-state index contributed by atoms with van der Waals surface area (Å²) >= 11 is 0. The molecule has 0 saturated carbocycles. The zero-order chi connectivity index (χ0) is 17.4. The van der Waals surface area contributed by atoms with Gasteiger partial charge in [-0.25, -0.2) is 4.79 Å². The van der Waals surface area contributed by atoms with E-state index in [1.54, 1.807) is 48.8 Å². The van der Waals surface area contributed by atoms with Crippen LogP contribution in [-0.4, -0.2) is 33.0 Å². The molecule has 1 aliphatic rings. The van der Waals surface area contributed by atoms with Gasteiger partial charge in [0.2, 0.25) is 0 Å². The first kappa shape index (κ1) is 14.8. The van der Waals surface area contributed by atoms with Crippen LogP contribution < -0.4 is 0 Å². The Morgan fingerprint density at radius 1 is 0.920 bits per heavy atom. The van der Waals surface area contributed by atoms with Crippen molar-refractivity contribution in [3.63, 3.8) is 0 Å². The molecule has 0 saturated heterocycles. The largest absolute Gasteiger partial charge is 0.363 e. The molecule has 1 aliphatic heterocycles. The first-order valence-corrected chi connectivity index (χ1v) is 7.44. The molecule has 0 fully saturated rings. The van der Waals surface area contributed by atoms with Crippen molar-refractivity contribution >= 4 is 17.8 Å². The standard InChI is InChI=1S/C18H11N3O4/c22-16-14-3-1-2-4-15(14)17(23)21(16)25-18(24)12-7-5-11(6-8-12)13-9-19-20-10-13/h1-10H,(H,19,20). The van der Waals surface area contributed by atoms with Gasteiger partial charge in [0.1, 0.15) is 0 Å². The molecule has 1 N–H and O–H groups in total. The third-order valence-corrected chi connectivity index (χ3v) is 3.88. The quantitative estimate of drug-likeness (QED) is 0.743. The lowest BCUT2D eigenvalue weighted by atomic mass is 10.1. The number of hydrogen-bond acceptors (Lipinski definition) is 5. The number of fused-ring (bicyclic) bond motifs is 1. The van der Waals surface area contributed by atoms with Gasteiger partial charge in [-0.2, -0.15) is 5.10 Å². The normalized spacial score (nSPS) is 13.0. The van der Waals surface area contributed by atoms with Crippen molar-refractivity contribution in [3.05, 3.63) is 77.6 Å². The van der Waals surface area contributed by atoms with Gasteiger partial charge in [0.25, 0.3) is 11.8 Å². The van der Waals surface area contributed by atoms with Crippen LogP contribution in [-0.2, 0) is 4.84 Å². The number of H-pyrrole nitrogens is 1. The molecule has 0 spiro atoms.